The summed E-state index contributed by atoms with van der Waals surface area (Å²) in [7, 11) is 0. The third-order valence-corrected chi connectivity index (χ3v) is 6.78. The normalized spacial score (nSPS) is 15.6. The van der Waals surface area contributed by atoms with Gasteiger partial charge in [-0.1, -0.05) is 36.4 Å². The molecule has 1 atom stereocenters. The lowest BCUT2D eigenvalue weighted by atomic mass is 10.1. The molecule has 33 heavy (non-hydrogen) atoms. The van der Waals surface area contributed by atoms with Crippen LogP contribution in [0.4, 0.5) is 4.39 Å². The van der Waals surface area contributed by atoms with Crippen LogP contribution in [0.15, 0.2) is 64.2 Å². The van der Waals surface area contributed by atoms with Crippen LogP contribution in [-0.2, 0) is 5.75 Å². The van der Waals surface area contributed by atoms with Crippen LogP contribution < -0.4 is 0 Å². The van der Waals surface area contributed by atoms with Crippen molar-refractivity contribution in [1.82, 2.24) is 29.9 Å². The molecule has 1 aliphatic rings. The van der Waals surface area contributed by atoms with Crippen molar-refractivity contribution in [3.63, 3.8) is 0 Å². The molecule has 7 nitrogen and oxygen atoms in total. The van der Waals surface area contributed by atoms with Crippen LogP contribution in [0.1, 0.15) is 43.9 Å². The van der Waals surface area contributed by atoms with Gasteiger partial charge in [-0.25, -0.2) is 4.39 Å². The van der Waals surface area contributed by atoms with Crippen molar-refractivity contribution in [1.29, 1.82) is 0 Å². The van der Waals surface area contributed by atoms with E-state index in [4.69, 9.17) is 4.42 Å². The molecular formula is C24H25FN6OS. The van der Waals surface area contributed by atoms with Gasteiger partial charge in [0.05, 0.1) is 11.8 Å². The van der Waals surface area contributed by atoms with Gasteiger partial charge in [0.25, 0.3) is 0 Å². The van der Waals surface area contributed by atoms with Gasteiger partial charge in [-0.3, -0.25) is 9.47 Å². The van der Waals surface area contributed by atoms with Gasteiger partial charge in [-0.15, -0.1) is 20.4 Å². The third kappa shape index (κ3) is 4.84. The maximum Gasteiger partial charge on any atom is 0.247 e. The van der Waals surface area contributed by atoms with Gasteiger partial charge < -0.3 is 4.42 Å². The fourth-order valence-corrected chi connectivity index (χ4v) is 4.88. The van der Waals surface area contributed by atoms with Crippen LogP contribution in [-0.4, -0.2) is 43.0 Å². The predicted octanol–water partition coefficient (Wildman–Crippen LogP) is 5.30. The first-order chi connectivity index (χ1) is 16.2. The van der Waals surface area contributed by atoms with E-state index in [1.165, 1.54) is 43.2 Å². The summed E-state index contributed by atoms with van der Waals surface area (Å²) in [6.07, 6.45) is 3.65. The number of hydrogen-bond donors (Lipinski definition) is 0. The van der Waals surface area contributed by atoms with E-state index in [0.717, 1.165) is 30.2 Å². The summed E-state index contributed by atoms with van der Waals surface area (Å²) in [6, 6.07) is 16.2. The fourth-order valence-electron chi connectivity index (χ4n) is 4.08. The van der Waals surface area contributed by atoms with Crippen molar-refractivity contribution in [2.75, 3.05) is 13.1 Å². The Balaban J connectivity index is 1.40. The lowest BCUT2D eigenvalue weighted by Crippen LogP contribution is -2.33. The monoisotopic (exact) mass is 464 g/mol. The lowest BCUT2D eigenvalue weighted by Gasteiger charge is -2.31. The number of nitrogens with zero attached hydrogens (tertiary/aromatic N) is 6. The van der Waals surface area contributed by atoms with Gasteiger partial charge in [0.1, 0.15) is 5.82 Å². The Bertz CT molecular complexity index is 1190. The third-order valence-electron chi connectivity index (χ3n) is 5.87. The number of benzene rings is 2. The predicted molar refractivity (Wildman–Crippen MR) is 124 cm³/mol. The van der Waals surface area contributed by atoms with Crippen LogP contribution >= 0.6 is 11.8 Å². The Morgan fingerprint density at radius 3 is 2.45 bits per heavy atom. The zero-order chi connectivity index (χ0) is 22.6. The molecule has 0 aliphatic carbocycles. The standard InChI is InChI=1S/C24H25FN6OS/c1-17(30-14-6-3-7-15-30)22-27-29-24(31(22)20-12-10-19(25)11-13-20)33-16-21-26-28-23(32-21)18-8-4-2-5-9-18/h2,4-5,8-13,17H,3,6-7,14-16H2,1H3/t17-/m0/s1. The number of aromatic nitrogens is 5. The molecule has 9 heteroatoms. The van der Waals surface area contributed by atoms with Crippen LogP contribution in [0.3, 0.4) is 0 Å². The van der Waals surface area contributed by atoms with Gasteiger partial charge in [-0.05, 0) is 69.3 Å². The number of thioether (sulfide) groups is 1. The van der Waals surface area contributed by atoms with Gasteiger partial charge >= 0.3 is 0 Å². The maximum absolute atomic E-state index is 13.6. The summed E-state index contributed by atoms with van der Waals surface area (Å²) in [6.45, 7) is 4.25. The van der Waals surface area contributed by atoms with E-state index in [1.807, 2.05) is 34.9 Å². The van der Waals surface area contributed by atoms with E-state index in [-0.39, 0.29) is 11.9 Å². The SMILES string of the molecule is C[C@@H](c1nnc(SCc2nnc(-c3ccccc3)o2)n1-c1ccc(F)cc1)N1CCCCC1. The van der Waals surface area contributed by atoms with E-state index in [9.17, 15) is 4.39 Å². The van der Waals surface area contributed by atoms with Gasteiger partial charge in [0.2, 0.25) is 11.8 Å². The minimum absolute atomic E-state index is 0.102. The minimum atomic E-state index is -0.272. The first kappa shape index (κ1) is 21.8. The second kappa shape index (κ2) is 9.84. The molecule has 170 valence electrons. The Hall–Kier alpha value is -3.04. The van der Waals surface area contributed by atoms with Gasteiger partial charge in [0, 0.05) is 11.3 Å². The molecule has 0 bridgehead atoms. The van der Waals surface area contributed by atoms with E-state index in [1.54, 1.807) is 12.1 Å². The second-order valence-electron chi connectivity index (χ2n) is 8.08. The smallest absolute Gasteiger partial charge is 0.247 e. The minimum Gasteiger partial charge on any atom is -0.420 e. The fraction of sp³-hybridized carbons (Fsp3) is 0.333. The summed E-state index contributed by atoms with van der Waals surface area (Å²) >= 11 is 1.47. The Labute approximate surface area is 196 Å². The van der Waals surface area contributed by atoms with Crippen LogP contribution in [0.2, 0.25) is 0 Å². The second-order valence-corrected chi connectivity index (χ2v) is 9.02. The topological polar surface area (TPSA) is 72.9 Å². The summed E-state index contributed by atoms with van der Waals surface area (Å²) in [4.78, 5) is 2.44. The van der Waals surface area contributed by atoms with Crippen LogP contribution in [0.5, 0.6) is 0 Å². The molecular weight excluding hydrogens is 439 g/mol. The highest BCUT2D eigenvalue weighted by Gasteiger charge is 2.26. The molecule has 0 N–H and O–H groups in total. The molecule has 5 rings (SSSR count). The van der Waals surface area contributed by atoms with Crippen molar-refractivity contribution >= 4 is 11.8 Å². The van der Waals surface area contributed by atoms with Crippen molar-refractivity contribution in [2.45, 2.75) is 43.1 Å². The average molecular weight is 465 g/mol. The molecule has 1 fully saturated rings. The molecule has 3 heterocycles. The Morgan fingerprint density at radius 1 is 0.939 bits per heavy atom. The first-order valence-electron chi connectivity index (χ1n) is 11.1. The molecule has 0 saturated carbocycles. The van der Waals surface area contributed by atoms with Crippen molar-refractivity contribution in [3.05, 3.63) is 72.1 Å². The van der Waals surface area contributed by atoms with E-state index in [2.05, 4.69) is 32.2 Å². The zero-order valence-electron chi connectivity index (χ0n) is 18.4. The van der Waals surface area contributed by atoms with Crippen LogP contribution in [0, 0.1) is 5.82 Å². The number of halogens is 1. The van der Waals surface area contributed by atoms with Crippen molar-refractivity contribution in [3.8, 4) is 17.1 Å². The van der Waals surface area contributed by atoms with Crippen molar-refractivity contribution in [2.24, 2.45) is 0 Å². The van der Waals surface area contributed by atoms with Gasteiger partial charge in [0.15, 0.2) is 11.0 Å². The average Bonchev–Trinajstić information content (AvgIpc) is 3.51. The lowest BCUT2D eigenvalue weighted by molar-refractivity contribution is 0.167. The number of piperidine rings is 1. The summed E-state index contributed by atoms with van der Waals surface area (Å²) < 4.78 is 21.5. The summed E-state index contributed by atoms with van der Waals surface area (Å²) in [5.74, 6) is 2.04. The van der Waals surface area contributed by atoms with E-state index in [0.29, 0.717) is 22.7 Å². The Kier molecular flexibility index (Phi) is 6.50. The molecule has 1 aliphatic heterocycles. The van der Waals surface area contributed by atoms with Gasteiger partial charge in [-0.2, -0.15) is 0 Å². The summed E-state index contributed by atoms with van der Waals surface area (Å²) in [5.41, 5.74) is 1.71. The molecule has 0 radical (unpaired) electrons. The zero-order valence-corrected chi connectivity index (χ0v) is 19.2. The molecule has 2 aromatic heterocycles. The summed E-state index contributed by atoms with van der Waals surface area (Å²) in [5, 5.41) is 18.1. The molecule has 4 aromatic rings. The quantitative estimate of drug-likeness (QED) is 0.344. The Morgan fingerprint density at radius 2 is 1.70 bits per heavy atom. The highest BCUT2D eigenvalue weighted by Crippen LogP contribution is 2.31. The molecule has 2 aromatic carbocycles. The van der Waals surface area contributed by atoms with E-state index < -0.39 is 0 Å². The molecule has 0 spiro atoms. The molecule has 0 unspecified atom stereocenters. The van der Waals surface area contributed by atoms with Crippen LogP contribution in [0.25, 0.3) is 17.1 Å². The molecule has 1 saturated heterocycles. The largest absolute Gasteiger partial charge is 0.420 e. The van der Waals surface area contributed by atoms with Crippen molar-refractivity contribution < 1.29 is 8.81 Å². The number of likely N-dealkylation sites (tertiary alicyclic amines) is 1. The number of hydrogen-bond acceptors (Lipinski definition) is 7. The first-order valence-corrected chi connectivity index (χ1v) is 12.1. The molecule has 0 amide bonds. The maximum atomic E-state index is 13.6. The van der Waals surface area contributed by atoms with E-state index >= 15 is 0 Å². The highest BCUT2D eigenvalue weighted by molar-refractivity contribution is 7.98. The number of rotatable bonds is 7. The highest BCUT2D eigenvalue weighted by atomic mass is 32.2.